The van der Waals surface area contributed by atoms with Crippen molar-refractivity contribution in [2.24, 2.45) is 0 Å². The van der Waals surface area contributed by atoms with E-state index in [9.17, 15) is 4.79 Å². The quantitative estimate of drug-likeness (QED) is 0.731. The molecule has 19 heavy (non-hydrogen) atoms. The number of carbonyl (C=O) groups excluding carboxylic acids is 1. The van der Waals surface area contributed by atoms with E-state index in [1.165, 1.54) is 7.11 Å². The molecule has 2 rings (SSSR count). The fraction of sp³-hybridized carbons (Fsp3) is 0.231. The summed E-state index contributed by atoms with van der Waals surface area (Å²) in [5.74, 6) is 0.741. The first-order valence-electron chi connectivity index (χ1n) is 5.93. The average molecular weight is 260 g/mol. The lowest BCUT2D eigenvalue weighted by Gasteiger charge is -2.07. The van der Waals surface area contributed by atoms with E-state index in [-0.39, 0.29) is 5.91 Å². The van der Waals surface area contributed by atoms with E-state index >= 15 is 0 Å². The molecule has 0 saturated carbocycles. The van der Waals surface area contributed by atoms with Gasteiger partial charge in [-0.2, -0.15) is 5.10 Å². The smallest absolute Gasteiger partial charge is 0.259 e. The van der Waals surface area contributed by atoms with Crippen molar-refractivity contribution < 1.29 is 9.53 Å². The zero-order valence-corrected chi connectivity index (χ0v) is 10.9. The zero-order valence-electron chi connectivity index (χ0n) is 10.9. The van der Waals surface area contributed by atoms with Crippen LogP contribution in [0.4, 0.5) is 11.5 Å². The van der Waals surface area contributed by atoms with Crippen molar-refractivity contribution in [1.29, 1.82) is 0 Å². The standard InChI is InChI=1S/C13H16N4O2/c1-3-8-6-12(17-16-8)15-13(18)10-7-9(19-2)4-5-11(10)14/h4-7H,3,14H2,1-2H3,(H2,15,16,17,18). The maximum absolute atomic E-state index is 12.1. The lowest BCUT2D eigenvalue weighted by Crippen LogP contribution is -2.14. The first-order chi connectivity index (χ1) is 9.13. The van der Waals surface area contributed by atoms with E-state index < -0.39 is 0 Å². The number of aryl methyl sites for hydroxylation is 1. The molecule has 1 aromatic heterocycles. The number of rotatable bonds is 4. The Hall–Kier alpha value is -2.50. The van der Waals surface area contributed by atoms with Crippen molar-refractivity contribution in [3.05, 3.63) is 35.5 Å². The van der Waals surface area contributed by atoms with Crippen LogP contribution in [0.25, 0.3) is 0 Å². The minimum atomic E-state index is -0.314. The van der Waals surface area contributed by atoms with Gasteiger partial charge in [0, 0.05) is 17.4 Å². The summed E-state index contributed by atoms with van der Waals surface area (Å²) < 4.78 is 5.07. The molecule has 6 nitrogen and oxygen atoms in total. The minimum absolute atomic E-state index is 0.314. The summed E-state index contributed by atoms with van der Waals surface area (Å²) >= 11 is 0. The molecule has 1 heterocycles. The summed E-state index contributed by atoms with van der Waals surface area (Å²) in [7, 11) is 1.54. The van der Waals surface area contributed by atoms with Crippen LogP contribution < -0.4 is 15.8 Å². The van der Waals surface area contributed by atoms with Gasteiger partial charge in [-0.15, -0.1) is 0 Å². The van der Waals surface area contributed by atoms with Crippen LogP contribution in [-0.2, 0) is 6.42 Å². The van der Waals surface area contributed by atoms with E-state index in [1.807, 2.05) is 6.92 Å². The van der Waals surface area contributed by atoms with E-state index in [4.69, 9.17) is 10.5 Å². The van der Waals surface area contributed by atoms with Gasteiger partial charge in [0.2, 0.25) is 0 Å². The average Bonchev–Trinajstić information content (AvgIpc) is 2.87. The fourth-order valence-corrected chi connectivity index (χ4v) is 1.65. The summed E-state index contributed by atoms with van der Waals surface area (Å²) in [4.78, 5) is 12.1. The Balaban J connectivity index is 2.19. The molecule has 0 saturated heterocycles. The molecule has 0 aliphatic carbocycles. The highest BCUT2D eigenvalue weighted by Crippen LogP contribution is 2.20. The molecule has 1 amide bonds. The highest BCUT2D eigenvalue weighted by molar-refractivity contribution is 6.07. The summed E-state index contributed by atoms with van der Waals surface area (Å²) in [6.45, 7) is 2.00. The van der Waals surface area contributed by atoms with Gasteiger partial charge in [0.15, 0.2) is 5.82 Å². The summed E-state index contributed by atoms with van der Waals surface area (Å²) in [5.41, 5.74) is 7.49. The Morgan fingerprint density at radius 1 is 1.47 bits per heavy atom. The van der Waals surface area contributed by atoms with Crippen LogP contribution in [0.15, 0.2) is 24.3 Å². The maximum atomic E-state index is 12.1. The normalized spacial score (nSPS) is 10.2. The number of nitrogens with two attached hydrogens (primary N) is 1. The van der Waals surface area contributed by atoms with Gasteiger partial charge in [-0.25, -0.2) is 0 Å². The van der Waals surface area contributed by atoms with Crippen molar-refractivity contribution in [1.82, 2.24) is 10.2 Å². The van der Waals surface area contributed by atoms with E-state index in [2.05, 4.69) is 15.5 Å². The van der Waals surface area contributed by atoms with Crippen molar-refractivity contribution in [2.45, 2.75) is 13.3 Å². The third-order valence-electron chi connectivity index (χ3n) is 2.76. The summed E-state index contributed by atoms with van der Waals surface area (Å²) in [6, 6.07) is 6.72. The Morgan fingerprint density at radius 2 is 2.26 bits per heavy atom. The van der Waals surface area contributed by atoms with Gasteiger partial charge in [-0.3, -0.25) is 9.89 Å². The first-order valence-corrected chi connectivity index (χ1v) is 5.93. The second kappa shape index (κ2) is 5.43. The van der Waals surface area contributed by atoms with Crippen LogP contribution in [0, 0.1) is 0 Å². The van der Waals surface area contributed by atoms with Gasteiger partial charge in [0.05, 0.1) is 12.7 Å². The molecule has 100 valence electrons. The highest BCUT2D eigenvalue weighted by atomic mass is 16.5. The molecule has 2 aromatic rings. The molecule has 1 aromatic carbocycles. The number of amides is 1. The van der Waals surface area contributed by atoms with Crippen molar-refractivity contribution >= 4 is 17.4 Å². The number of nitrogens with one attached hydrogen (secondary N) is 2. The van der Waals surface area contributed by atoms with Crippen LogP contribution in [0.3, 0.4) is 0 Å². The summed E-state index contributed by atoms with van der Waals surface area (Å²) in [6.07, 6.45) is 0.824. The van der Waals surface area contributed by atoms with Gasteiger partial charge in [-0.1, -0.05) is 6.92 Å². The van der Waals surface area contributed by atoms with E-state index in [0.29, 0.717) is 22.8 Å². The van der Waals surface area contributed by atoms with Crippen LogP contribution in [0.1, 0.15) is 23.0 Å². The number of ether oxygens (including phenoxy) is 1. The molecule has 0 bridgehead atoms. The lowest BCUT2D eigenvalue weighted by molar-refractivity contribution is 0.102. The molecule has 6 heteroatoms. The van der Waals surface area contributed by atoms with Gasteiger partial charge in [0.1, 0.15) is 5.75 Å². The van der Waals surface area contributed by atoms with Crippen LogP contribution in [-0.4, -0.2) is 23.2 Å². The Kier molecular flexibility index (Phi) is 3.70. The lowest BCUT2D eigenvalue weighted by atomic mass is 10.1. The van der Waals surface area contributed by atoms with Gasteiger partial charge < -0.3 is 15.8 Å². The third-order valence-corrected chi connectivity index (χ3v) is 2.76. The predicted molar refractivity (Wildman–Crippen MR) is 73.3 cm³/mol. The monoisotopic (exact) mass is 260 g/mol. The third kappa shape index (κ3) is 2.85. The second-order valence-corrected chi connectivity index (χ2v) is 4.04. The SMILES string of the molecule is CCc1cc(NC(=O)c2cc(OC)ccc2N)n[nH]1. The highest BCUT2D eigenvalue weighted by Gasteiger charge is 2.12. The van der Waals surface area contributed by atoms with Gasteiger partial charge in [-0.05, 0) is 24.6 Å². The molecular formula is C13H16N4O2. The zero-order chi connectivity index (χ0) is 13.8. The fourth-order valence-electron chi connectivity index (χ4n) is 1.65. The molecule has 0 aliphatic heterocycles. The molecule has 0 fully saturated rings. The van der Waals surface area contributed by atoms with Crippen LogP contribution >= 0.6 is 0 Å². The number of hydrogen-bond acceptors (Lipinski definition) is 4. The number of H-pyrrole nitrogens is 1. The van der Waals surface area contributed by atoms with Gasteiger partial charge >= 0.3 is 0 Å². The topological polar surface area (TPSA) is 93.0 Å². The Bertz CT molecular complexity index is 592. The Labute approximate surface area is 111 Å². The maximum Gasteiger partial charge on any atom is 0.259 e. The van der Waals surface area contributed by atoms with Crippen LogP contribution in [0.5, 0.6) is 5.75 Å². The van der Waals surface area contributed by atoms with Gasteiger partial charge in [0.25, 0.3) is 5.91 Å². The number of nitrogen functional groups attached to an aromatic ring is 1. The number of aromatic amines is 1. The number of aromatic nitrogens is 2. The summed E-state index contributed by atoms with van der Waals surface area (Å²) in [5, 5.41) is 9.51. The molecule has 0 radical (unpaired) electrons. The minimum Gasteiger partial charge on any atom is -0.497 e. The number of anilines is 2. The number of nitrogens with zero attached hydrogens (tertiary/aromatic N) is 1. The van der Waals surface area contributed by atoms with Crippen molar-refractivity contribution in [3.63, 3.8) is 0 Å². The van der Waals surface area contributed by atoms with E-state index in [1.54, 1.807) is 24.3 Å². The number of hydrogen-bond donors (Lipinski definition) is 3. The molecule has 0 aliphatic rings. The first kappa shape index (κ1) is 12.9. The van der Waals surface area contributed by atoms with Crippen molar-refractivity contribution in [3.8, 4) is 5.75 Å². The molecule has 0 atom stereocenters. The molecular weight excluding hydrogens is 244 g/mol. The number of benzene rings is 1. The second-order valence-electron chi connectivity index (χ2n) is 4.04. The molecule has 4 N–H and O–H groups in total. The van der Waals surface area contributed by atoms with Crippen molar-refractivity contribution in [2.75, 3.05) is 18.2 Å². The van der Waals surface area contributed by atoms with Crippen LogP contribution in [0.2, 0.25) is 0 Å². The van der Waals surface area contributed by atoms with E-state index in [0.717, 1.165) is 12.1 Å². The molecule has 0 unspecified atom stereocenters. The number of methoxy groups -OCH3 is 1. The predicted octanol–water partition coefficient (Wildman–Crippen LogP) is 1.82. The molecule has 0 spiro atoms. The number of carbonyl (C=O) groups is 1. The largest absolute Gasteiger partial charge is 0.497 e. The Morgan fingerprint density at radius 3 is 2.89 bits per heavy atom.